The lowest BCUT2D eigenvalue weighted by Crippen LogP contribution is -2.40. The van der Waals surface area contributed by atoms with E-state index in [1.54, 1.807) is 23.2 Å². The van der Waals surface area contributed by atoms with Gasteiger partial charge in [-0.05, 0) is 61.9 Å². The summed E-state index contributed by atoms with van der Waals surface area (Å²) >= 11 is 0. The van der Waals surface area contributed by atoms with Crippen LogP contribution in [0.15, 0.2) is 48.9 Å². The molecule has 0 bridgehead atoms. The Morgan fingerprint density at radius 3 is 2.61 bits per heavy atom. The molecule has 10 heteroatoms. The maximum absolute atomic E-state index is 12.7. The quantitative estimate of drug-likeness (QED) is 0.460. The molecule has 0 spiro atoms. The van der Waals surface area contributed by atoms with Gasteiger partial charge in [0, 0.05) is 62.1 Å². The SMILES string of the molecule is NCC(C1CCOCC1)n1cc(-c2ccnc(Nc3ccc(C(=O)N4CCC(O)CC4)cc3)n2)cn1. The van der Waals surface area contributed by atoms with E-state index in [-0.39, 0.29) is 18.1 Å². The summed E-state index contributed by atoms with van der Waals surface area (Å²) < 4.78 is 7.45. The highest BCUT2D eigenvalue weighted by atomic mass is 16.5. The van der Waals surface area contributed by atoms with Crippen LogP contribution in [0.4, 0.5) is 11.6 Å². The number of nitrogens with zero attached hydrogens (tertiary/aromatic N) is 5. The van der Waals surface area contributed by atoms with Crippen LogP contribution in [0.5, 0.6) is 0 Å². The zero-order chi connectivity index (χ0) is 24.9. The number of benzene rings is 1. The smallest absolute Gasteiger partial charge is 0.253 e. The van der Waals surface area contributed by atoms with E-state index in [0.29, 0.717) is 49.9 Å². The van der Waals surface area contributed by atoms with Crippen LogP contribution in [0.2, 0.25) is 0 Å². The van der Waals surface area contributed by atoms with E-state index >= 15 is 0 Å². The molecule has 4 N–H and O–H groups in total. The molecule has 2 saturated heterocycles. The Morgan fingerprint density at radius 1 is 1.14 bits per heavy atom. The Labute approximate surface area is 210 Å². The molecule has 1 aromatic carbocycles. The van der Waals surface area contributed by atoms with E-state index in [9.17, 15) is 9.90 Å². The molecule has 2 aliphatic heterocycles. The number of hydrogen-bond acceptors (Lipinski definition) is 8. The summed E-state index contributed by atoms with van der Waals surface area (Å²) in [5.41, 5.74) is 9.18. The molecule has 3 aromatic rings. The second-order valence-corrected chi connectivity index (χ2v) is 9.45. The van der Waals surface area contributed by atoms with Gasteiger partial charge in [-0.1, -0.05) is 0 Å². The number of likely N-dealkylation sites (tertiary alicyclic amines) is 1. The van der Waals surface area contributed by atoms with Gasteiger partial charge in [-0.2, -0.15) is 5.10 Å². The van der Waals surface area contributed by atoms with Gasteiger partial charge in [0.05, 0.1) is 24.0 Å². The third-order valence-corrected chi connectivity index (χ3v) is 7.08. The predicted molar refractivity (Wildman–Crippen MR) is 136 cm³/mol. The van der Waals surface area contributed by atoms with Crippen molar-refractivity contribution in [1.29, 1.82) is 0 Å². The normalized spacial score (nSPS) is 18.2. The van der Waals surface area contributed by atoms with Crippen LogP contribution in [0.1, 0.15) is 42.1 Å². The molecule has 0 aliphatic carbocycles. The van der Waals surface area contributed by atoms with E-state index in [1.807, 2.05) is 35.3 Å². The van der Waals surface area contributed by atoms with Gasteiger partial charge in [-0.3, -0.25) is 9.48 Å². The molecule has 10 nitrogen and oxygen atoms in total. The fourth-order valence-corrected chi connectivity index (χ4v) is 4.93. The average molecular weight is 492 g/mol. The number of aliphatic hydroxyl groups is 1. The van der Waals surface area contributed by atoms with Crippen molar-refractivity contribution >= 4 is 17.5 Å². The van der Waals surface area contributed by atoms with Crippen LogP contribution in [0.25, 0.3) is 11.3 Å². The highest BCUT2D eigenvalue weighted by Crippen LogP contribution is 2.28. The van der Waals surface area contributed by atoms with E-state index in [1.165, 1.54) is 0 Å². The first-order valence-electron chi connectivity index (χ1n) is 12.6. The molecule has 1 unspecified atom stereocenters. The van der Waals surface area contributed by atoms with Crippen molar-refractivity contribution in [3.63, 3.8) is 0 Å². The first-order chi connectivity index (χ1) is 17.6. The lowest BCUT2D eigenvalue weighted by Gasteiger charge is -2.29. The molecule has 2 fully saturated rings. The first-order valence-corrected chi connectivity index (χ1v) is 12.6. The van der Waals surface area contributed by atoms with Crippen LogP contribution in [-0.2, 0) is 4.74 Å². The number of carbonyl (C=O) groups is 1. The van der Waals surface area contributed by atoms with Crippen molar-refractivity contribution in [3.8, 4) is 11.3 Å². The Bertz CT molecular complexity index is 1150. The zero-order valence-corrected chi connectivity index (χ0v) is 20.3. The molecule has 1 amide bonds. The molecule has 36 heavy (non-hydrogen) atoms. The molecule has 0 radical (unpaired) electrons. The predicted octanol–water partition coefficient (Wildman–Crippen LogP) is 2.61. The summed E-state index contributed by atoms with van der Waals surface area (Å²) in [6.07, 6.45) is 8.45. The van der Waals surface area contributed by atoms with Crippen molar-refractivity contribution in [2.75, 3.05) is 38.2 Å². The summed E-state index contributed by atoms with van der Waals surface area (Å²) in [6.45, 7) is 3.23. The van der Waals surface area contributed by atoms with Crippen LogP contribution in [0.3, 0.4) is 0 Å². The molecule has 4 heterocycles. The van der Waals surface area contributed by atoms with Gasteiger partial charge >= 0.3 is 0 Å². The second kappa shape index (κ2) is 11.2. The largest absolute Gasteiger partial charge is 0.393 e. The van der Waals surface area contributed by atoms with E-state index in [4.69, 9.17) is 10.5 Å². The molecular weight excluding hydrogens is 458 g/mol. The average Bonchev–Trinajstić information content (AvgIpc) is 3.40. The Morgan fingerprint density at radius 2 is 1.89 bits per heavy atom. The summed E-state index contributed by atoms with van der Waals surface area (Å²) in [5.74, 6) is 0.903. The van der Waals surface area contributed by atoms with Crippen molar-refractivity contribution in [1.82, 2.24) is 24.6 Å². The van der Waals surface area contributed by atoms with Crippen LogP contribution in [-0.4, -0.2) is 74.6 Å². The Balaban J connectivity index is 1.25. The number of piperidine rings is 1. The summed E-state index contributed by atoms with van der Waals surface area (Å²) in [5, 5.41) is 17.5. The first kappa shape index (κ1) is 24.4. The summed E-state index contributed by atoms with van der Waals surface area (Å²) in [6, 6.07) is 9.29. The summed E-state index contributed by atoms with van der Waals surface area (Å²) in [4.78, 5) is 23.5. The van der Waals surface area contributed by atoms with Gasteiger partial charge in [0.15, 0.2) is 0 Å². The lowest BCUT2D eigenvalue weighted by atomic mass is 9.92. The number of anilines is 2. The topological polar surface area (TPSA) is 131 Å². The van der Waals surface area contributed by atoms with Crippen molar-refractivity contribution < 1.29 is 14.6 Å². The number of carbonyl (C=O) groups excluding carboxylic acids is 1. The van der Waals surface area contributed by atoms with Crippen molar-refractivity contribution in [2.24, 2.45) is 11.7 Å². The number of rotatable bonds is 7. The number of aromatic nitrogens is 4. The highest BCUT2D eigenvalue weighted by Gasteiger charge is 2.25. The molecule has 2 aliphatic rings. The van der Waals surface area contributed by atoms with Gasteiger partial charge in [0.2, 0.25) is 5.95 Å². The molecule has 2 aromatic heterocycles. The Kier molecular flexibility index (Phi) is 7.55. The van der Waals surface area contributed by atoms with Gasteiger partial charge in [0.25, 0.3) is 5.91 Å². The zero-order valence-electron chi connectivity index (χ0n) is 20.3. The van der Waals surface area contributed by atoms with Crippen LogP contribution < -0.4 is 11.1 Å². The molecule has 0 saturated carbocycles. The fourth-order valence-electron chi connectivity index (χ4n) is 4.93. The standard InChI is InChI=1S/C26H33N7O3/c27-15-24(18-8-13-36-14-9-18)33-17-20(16-29-33)23-5-10-28-26(31-23)30-21-3-1-19(2-4-21)25(35)32-11-6-22(34)7-12-32/h1-5,10,16-18,22,24,34H,6-9,11-15,27H2,(H,28,30,31). The van der Waals surface area contributed by atoms with Crippen LogP contribution >= 0.6 is 0 Å². The number of ether oxygens (including phenoxy) is 1. The fraction of sp³-hybridized carbons (Fsp3) is 0.462. The van der Waals surface area contributed by atoms with Crippen molar-refractivity contribution in [2.45, 2.75) is 37.8 Å². The van der Waals surface area contributed by atoms with Gasteiger partial charge in [0.1, 0.15) is 0 Å². The number of hydrogen-bond donors (Lipinski definition) is 3. The van der Waals surface area contributed by atoms with E-state index in [0.717, 1.165) is 43.0 Å². The third kappa shape index (κ3) is 5.56. The minimum absolute atomic E-state index is 0.0137. The molecule has 1 atom stereocenters. The van der Waals surface area contributed by atoms with Crippen LogP contribution in [0, 0.1) is 5.92 Å². The number of aliphatic hydroxyl groups excluding tert-OH is 1. The van der Waals surface area contributed by atoms with E-state index in [2.05, 4.69) is 20.4 Å². The van der Waals surface area contributed by atoms with Gasteiger partial charge in [-0.15, -0.1) is 0 Å². The molecule has 5 rings (SSSR count). The third-order valence-electron chi connectivity index (χ3n) is 7.08. The maximum atomic E-state index is 12.7. The number of nitrogens with one attached hydrogen (secondary N) is 1. The van der Waals surface area contributed by atoms with Gasteiger partial charge in [-0.25, -0.2) is 9.97 Å². The van der Waals surface area contributed by atoms with Gasteiger partial charge < -0.3 is 25.8 Å². The summed E-state index contributed by atoms with van der Waals surface area (Å²) in [7, 11) is 0. The number of nitrogens with two attached hydrogens (primary N) is 1. The highest BCUT2D eigenvalue weighted by molar-refractivity contribution is 5.94. The minimum Gasteiger partial charge on any atom is -0.393 e. The molecule has 190 valence electrons. The minimum atomic E-state index is -0.306. The van der Waals surface area contributed by atoms with E-state index < -0.39 is 0 Å². The second-order valence-electron chi connectivity index (χ2n) is 9.45. The lowest BCUT2D eigenvalue weighted by molar-refractivity contribution is 0.0480. The maximum Gasteiger partial charge on any atom is 0.253 e. The monoisotopic (exact) mass is 491 g/mol. The molecular formula is C26H33N7O3. The number of amides is 1. The van der Waals surface area contributed by atoms with Crippen molar-refractivity contribution in [3.05, 3.63) is 54.5 Å². The Hall–Kier alpha value is -3.34.